The number of piperidine rings is 1. The van der Waals surface area contributed by atoms with Crippen molar-refractivity contribution in [2.75, 3.05) is 18.4 Å². The molecule has 0 saturated carbocycles. The number of hydrogen-bond donors (Lipinski definition) is 1. The summed E-state index contributed by atoms with van der Waals surface area (Å²) < 4.78 is 27.0. The van der Waals surface area contributed by atoms with Gasteiger partial charge in [0.2, 0.25) is 15.9 Å². The molecule has 1 amide bonds. The first-order valence-electron chi connectivity index (χ1n) is 8.40. The van der Waals surface area contributed by atoms with Crippen LogP contribution in [-0.2, 0) is 14.8 Å². The van der Waals surface area contributed by atoms with E-state index in [1.165, 1.54) is 22.5 Å². The Balaban J connectivity index is 1.67. The van der Waals surface area contributed by atoms with E-state index in [4.69, 9.17) is 46.4 Å². The van der Waals surface area contributed by atoms with Crippen molar-refractivity contribution in [3.8, 4) is 0 Å². The fraction of sp³-hybridized carbons (Fsp3) is 0.278. The van der Waals surface area contributed by atoms with Gasteiger partial charge >= 0.3 is 0 Å². The number of hydrogen-bond acceptors (Lipinski definition) is 3. The Morgan fingerprint density at radius 2 is 1.68 bits per heavy atom. The van der Waals surface area contributed by atoms with E-state index >= 15 is 0 Å². The average Bonchev–Trinajstić information content (AvgIpc) is 2.67. The van der Waals surface area contributed by atoms with E-state index in [1.807, 2.05) is 0 Å². The van der Waals surface area contributed by atoms with Crippen molar-refractivity contribution in [1.29, 1.82) is 0 Å². The van der Waals surface area contributed by atoms with E-state index in [-0.39, 0.29) is 44.9 Å². The van der Waals surface area contributed by atoms with Gasteiger partial charge in [-0.25, -0.2) is 8.42 Å². The molecule has 0 radical (unpaired) electrons. The van der Waals surface area contributed by atoms with E-state index in [2.05, 4.69) is 5.32 Å². The first kappa shape index (κ1) is 21.7. The molecule has 2 aromatic carbocycles. The number of halogens is 4. The first-order chi connectivity index (χ1) is 13.2. The zero-order valence-corrected chi connectivity index (χ0v) is 18.3. The van der Waals surface area contributed by atoms with Crippen molar-refractivity contribution >= 4 is 68.0 Å². The quantitative estimate of drug-likeness (QED) is 0.640. The zero-order chi connectivity index (χ0) is 20.5. The van der Waals surface area contributed by atoms with Gasteiger partial charge in [-0.05, 0) is 43.2 Å². The molecule has 0 aliphatic carbocycles. The van der Waals surface area contributed by atoms with Crippen LogP contribution in [0.4, 0.5) is 5.69 Å². The molecule has 2 aromatic rings. The number of nitrogens with one attached hydrogen (secondary N) is 1. The maximum atomic E-state index is 12.9. The molecule has 1 fully saturated rings. The largest absolute Gasteiger partial charge is 0.324 e. The second-order valence-corrected chi connectivity index (χ2v) is 9.88. The summed E-state index contributed by atoms with van der Waals surface area (Å²) in [5, 5.41) is 3.78. The van der Waals surface area contributed by atoms with Gasteiger partial charge in [0, 0.05) is 24.0 Å². The molecular formula is C18H16Cl4N2O3S. The molecule has 1 N–H and O–H groups in total. The van der Waals surface area contributed by atoms with E-state index in [0.29, 0.717) is 23.6 Å². The van der Waals surface area contributed by atoms with Gasteiger partial charge in [0.05, 0.1) is 20.8 Å². The standard InChI is InChI=1S/C18H16Cl4N2O3S/c19-12-4-5-13(20)16(10-12)28(26,27)24-8-6-11(7-9-24)18(25)23-15-3-1-2-14(21)17(15)22/h1-5,10-11H,6-9H2,(H,23,25). The molecule has 0 atom stereocenters. The lowest BCUT2D eigenvalue weighted by atomic mass is 9.97. The SMILES string of the molecule is O=C(Nc1cccc(Cl)c1Cl)C1CCN(S(=O)(=O)c2cc(Cl)ccc2Cl)CC1. The highest BCUT2D eigenvalue weighted by Crippen LogP contribution is 2.32. The summed E-state index contributed by atoms with van der Waals surface area (Å²) in [5.74, 6) is -0.557. The van der Waals surface area contributed by atoms with Crippen LogP contribution in [-0.4, -0.2) is 31.7 Å². The summed E-state index contributed by atoms with van der Waals surface area (Å²) >= 11 is 24.0. The molecule has 28 heavy (non-hydrogen) atoms. The number of carbonyl (C=O) groups excluding carboxylic acids is 1. The number of anilines is 1. The van der Waals surface area contributed by atoms with Gasteiger partial charge in [0.25, 0.3) is 0 Å². The number of rotatable bonds is 4. The predicted octanol–water partition coefficient (Wildman–Crippen LogP) is 5.34. The van der Waals surface area contributed by atoms with Crippen LogP contribution in [0.25, 0.3) is 0 Å². The van der Waals surface area contributed by atoms with Crippen molar-refractivity contribution in [2.45, 2.75) is 17.7 Å². The Bertz CT molecular complexity index is 1010. The van der Waals surface area contributed by atoms with Crippen LogP contribution < -0.4 is 5.32 Å². The molecule has 10 heteroatoms. The van der Waals surface area contributed by atoms with Crippen LogP contribution in [0.5, 0.6) is 0 Å². The summed E-state index contributed by atoms with van der Waals surface area (Å²) in [6.07, 6.45) is 0.753. The second-order valence-electron chi connectivity index (χ2n) is 6.34. The lowest BCUT2D eigenvalue weighted by Crippen LogP contribution is -2.41. The van der Waals surface area contributed by atoms with Crippen molar-refractivity contribution < 1.29 is 13.2 Å². The normalized spacial score (nSPS) is 16.1. The number of carbonyl (C=O) groups is 1. The highest BCUT2D eigenvalue weighted by Gasteiger charge is 2.33. The summed E-state index contributed by atoms with van der Waals surface area (Å²) in [5.41, 5.74) is 0.430. The smallest absolute Gasteiger partial charge is 0.244 e. The summed E-state index contributed by atoms with van der Waals surface area (Å²) in [4.78, 5) is 12.5. The molecule has 0 bridgehead atoms. The van der Waals surface area contributed by atoms with Crippen LogP contribution in [0.2, 0.25) is 20.1 Å². The Morgan fingerprint density at radius 1 is 1.00 bits per heavy atom. The van der Waals surface area contributed by atoms with Gasteiger partial charge in [0.15, 0.2) is 0 Å². The van der Waals surface area contributed by atoms with E-state index < -0.39 is 10.0 Å². The first-order valence-corrected chi connectivity index (χ1v) is 11.4. The maximum absolute atomic E-state index is 12.9. The average molecular weight is 482 g/mol. The number of amides is 1. The summed E-state index contributed by atoms with van der Waals surface area (Å²) in [7, 11) is -3.79. The minimum atomic E-state index is -3.79. The highest BCUT2D eigenvalue weighted by atomic mass is 35.5. The third kappa shape index (κ3) is 4.58. The Kier molecular flexibility index (Phi) is 6.80. The van der Waals surface area contributed by atoms with Crippen LogP contribution in [0.1, 0.15) is 12.8 Å². The molecule has 150 valence electrons. The Hall–Kier alpha value is -1.02. The van der Waals surface area contributed by atoms with Gasteiger partial charge in [-0.2, -0.15) is 4.31 Å². The fourth-order valence-corrected chi connectivity index (χ4v) is 5.56. The number of nitrogens with zero attached hydrogens (tertiary/aromatic N) is 1. The third-order valence-electron chi connectivity index (χ3n) is 4.55. The van der Waals surface area contributed by atoms with E-state index in [0.717, 1.165) is 0 Å². The summed E-state index contributed by atoms with van der Waals surface area (Å²) in [6, 6.07) is 9.29. The molecule has 1 heterocycles. The topological polar surface area (TPSA) is 66.5 Å². The van der Waals surface area contributed by atoms with Gasteiger partial charge in [-0.1, -0.05) is 52.5 Å². The lowest BCUT2D eigenvalue weighted by Gasteiger charge is -2.30. The molecule has 1 aliphatic rings. The van der Waals surface area contributed by atoms with Crippen molar-refractivity contribution in [3.05, 3.63) is 56.5 Å². The van der Waals surface area contributed by atoms with Crippen LogP contribution in [0.15, 0.2) is 41.3 Å². The lowest BCUT2D eigenvalue weighted by molar-refractivity contribution is -0.120. The Labute approximate surface area is 183 Å². The molecule has 5 nitrogen and oxygen atoms in total. The predicted molar refractivity (Wildman–Crippen MR) is 113 cm³/mol. The molecule has 0 unspecified atom stereocenters. The fourth-order valence-electron chi connectivity index (χ4n) is 3.01. The summed E-state index contributed by atoms with van der Waals surface area (Å²) in [6.45, 7) is 0.402. The molecule has 0 aromatic heterocycles. The number of sulfonamides is 1. The molecule has 1 saturated heterocycles. The molecule has 3 rings (SSSR count). The van der Waals surface area contributed by atoms with Gasteiger partial charge in [-0.15, -0.1) is 0 Å². The van der Waals surface area contributed by atoms with Crippen molar-refractivity contribution in [2.24, 2.45) is 5.92 Å². The molecule has 0 spiro atoms. The van der Waals surface area contributed by atoms with Crippen LogP contribution in [0, 0.1) is 5.92 Å². The van der Waals surface area contributed by atoms with Crippen molar-refractivity contribution in [3.63, 3.8) is 0 Å². The highest BCUT2D eigenvalue weighted by molar-refractivity contribution is 7.89. The van der Waals surface area contributed by atoms with Crippen molar-refractivity contribution in [1.82, 2.24) is 4.31 Å². The monoisotopic (exact) mass is 480 g/mol. The van der Waals surface area contributed by atoms with Gasteiger partial charge < -0.3 is 5.32 Å². The van der Waals surface area contributed by atoms with Crippen LogP contribution in [0.3, 0.4) is 0 Å². The van der Waals surface area contributed by atoms with Crippen LogP contribution >= 0.6 is 46.4 Å². The minimum absolute atomic E-state index is 0.0322. The van der Waals surface area contributed by atoms with E-state index in [1.54, 1.807) is 18.2 Å². The maximum Gasteiger partial charge on any atom is 0.244 e. The Morgan fingerprint density at radius 3 is 2.36 bits per heavy atom. The number of benzene rings is 2. The van der Waals surface area contributed by atoms with E-state index in [9.17, 15) is 13.2 Å². The molecule has 1 aliphatic heterocycles. The van der Waals surface area contributed by atoms with Gasteiger partial charge in [-0.3, -0.25) is 4.79 Å². The zero-order valence-electron chi connectivity index (χ0n) is 14.5. The minimum Gasteiger partial charge on any atom is -0.324 e. The van der Waals surface area contributed by atoms with Gasteiger partial charge in [0.1, 0.15) is 4.90 Å². The third-order valence-corrected chi connectivity index (χ3v) is 7.98. The molecular weight excluding hydrogens is 466 g/mol. The second kappa shape index (κ2) is 8.78.